The van der Waals surface area contributed by atoms with Gasteiger partial charge in [-0.15, -0.1) is 0 Å². The molecule has 2 aliphatic rings. The number of carbonyl (C=O) groups excluding carboxylic acids is 3. The number of rotatable bonds is 4. The van der Waals surface area contributed by atoms with Crippen LogP contribution in [0.25, 0.3) is 0 Å². The third-order valence-electron chi connectivity index (χ3n) is 4.54. The lowest BCUT2D eigenvalue weighted by Gasteiger charge is -2.14. The van der Waals surface area contributed by atoms with E-state index in [0.717, 1.165) is 11.0 Å². The Balaban J connectivity index is 1.60. The smallest absolute Gasteiger partial charge is 0.282 e. The van der Waals surface area contributed by atoms with E-state index >= 15 is 0 Å². The molecule has 0 bridgehead atoms. The number of amides is 2. The molecule has 2 heterocycles. The minimum atomic E-state index is -0.852. The zero-order chi connectivity index (χ0) is 19.8. The van der Waals surface area contributed by atoms with Crippen molar-refractivity contribution in [1.29, 1.82) is 0 Å². The predicted octanol–water partition coefficient (Wildman–Crippen LogP) is 2.23. The molecular weight excluding hydrogens is 368 g/mol. The topological polar surface area (TPSA) is 116 Å². The number of nitro groups is 1. The molecule has 0 saturated heterocycles. The maximum atomic E-state index is 12.7. The molecule has 9 nitrogen and oxygen atoms in total. The van der Waals surface area contributed by atoms with E-state index in [1.165, 1.54) is 24.3 Å². The van der Waals surface area contributed by atoms with Crippen molar-refractivity contribution in [3.63, 3.8) is 0 Å². The first-order valence-electron chi connectivity index (χ1n) is 8.54. The summed E-state index contributed by atoms with van der Waals surface area (Å²) in [5.74, 6) is -1.14. The van der Waals surface area contributed by atoms with Gasteiger partial charge in [-0.05, 0) is 24.3 Å². The van der Waals surface area contributed by atoms with E-state index in [2.05, 4.69) is 0 Å². The SMILES string of the molecule is O=C(CN1C(=O)c2cccc([N+](=O)[O-])c2C1=O)c1ccc2c(c1)OCCCO2. The molecule has 9 heteroatoms. The molecule has 0 spiro atoms. The summed E-state index contributed by atoms with van der Waals surface area (Å²) in [4.78, 5) is 48.9. The van der Waals surface area contributed by atoms with E-state index < -0.39 is 34.8 Å². The molecule has 0 fully saturated rings. The quantitative estimate of drug-likeness (QED) is 0.344. The van der Waals surface area contributed by atoms with Gasteiger partial charge in [-0.25, -0.2) is 0 Å². The summed E-state index contributed by atoms with van der Waals surface area (Å²) >= 11 is 0. The average molecular weight is 382 g/mol. The molecule has 2 aromatic rings. The molecular formula is C19H14N2O7. The van der Waals surface area contributed by atoms with Crippen molar-refractivity contribution in [3.05, 3.63) is 63.2 Å². The predicted molar refractivity (Wildman–Crippen MR) is 94.8 cm³/mol. The summed E-state index contributed by atoms with van der Waals surface area (Å²) < 4.78 is 11.1. The van der Waals surface area contributed by atoms with E-state index in [-0.39, 0.29) is 16.7 Å². The van der Waals surface area contributed by atoms with Crippen molar-refractivity contribution in [2.45, 2.75) is 6.42 Å². The summed E-state index contributed by atoms with van der Waals surface area (Å²) in [5, 5.41) is 11.2. The van der Waals surface area contributed by atoms with Gasteiger partial charge in [0.25, 0.3) is 17.5 Å². The van der Waals surface area contributed by atoms with Gasteiger partial charge in [-0.3, -0.25) is 29.4 Å². The molecule has 28 heavy (non-hydrogen) atoms. The van der Waals surface area contributed by atoms with Crippen LogP contribution in [0.3, 0.4) is 0 Å². The number of fused-ring (bicyclic) bond motifs is 2. The van der Waals surface area contributed by atoms with Crippen molar-refractivity contribution in [2.75, 3.05) is 19.8 Å². The largest absolute Gasteiger partial charge is 0.490 e. The van der Waals surface area contributed by atoms with Crippen LogP contribution in [0, 0.1) is 10.1 Å². The first kappa shape index (κ1) is 17.7. The number of hydrogen-bond donors (Lipinski definition) is 0. The first-order chi connectivity index (χ1) is 13.5. The molecule has 0 radical (unpaired) electrons. The van der Waals surface area contributed by atoms with Crippen LogP contribution in [0.4, 0.5) is 5.69 Å². The lowest BCUT2D eigenvalue weighted by molar-refractivity contribution is -0.385. The molecule has 2 aliphatic heterocycles. The normalized spacial score (nSPS) is 15.2. The van der Waals surface area contributed by atoms with Crippen LogP contribution in [-0.2, 0) is 0 Å². The summed E-state index contributed by atoms with van der Waals surface area (Å²) in [6.45, 7) is 0.434. The highest BCUT2D eigenvalue weighted by Crippen LogP contribution is 2.32. The molecule has 2 amide bonds. The maximum Gasteiger partial charge on any atom is 0.282 e. The number of benzene rings is 2. The van der Waals surface area contributed by atoms with Crippen LogP contribution in [0.15, 0.2) is 36.4 Å². The highest BCUT2D eigenvalue weighted by molar-refractivity contribution is 6.24. The Morgan fingerprint density at radius 1 is 1.07 bits per heavy atom. The molecule has 142 valence electrons. The number of hydrogen-bond acceptors (Lipinski definition) is 7. The van der Waals surface area contributed by atoms with Crippen molar-refractivity contribution >= 4 is 23.3 Å². The zero-order valence-corrected chi connectivity index (χ0v) is 14.5. The van der Waals surface area contributed by atoms with E-state index in [0.29, 0.717) is 31.1 Å². The van der Waals surface area contributed by atoms with Gasteiger partial charge in [0, 0.05) is 18.1 Å². The molecule has 0 aliphatic carbocycles. The van der Waals surface area contributed by atoms with E-state index in [1.54, 1.807) is 6.07 Å². The van der Waals surface area contributed by atoms with Gasteiger partial charge in [0.15, 0.2) is 17.3 Å². The number of imide groups is 1. The minimum absolute atomic E-state index is 0.0781. The number of ketones is 1. The summed E-state index contributed by atoms with van der Waals surface area (Å²) in [7, 11) is 0. The van der Waals surface area contributed by atoms with Crippen LogP contribution in [0.2, 0.25) is 0 Å². The summed E-state index contributed by atoms with van der Waals surface area (Å²) in [6, 6.07) is 8.44. The van der Waals surface area contributed by atoms with Crippen LogP contribution in [0.5, 0.6) is 11.5 Å². The van der Waals surface area contributed by atoms with E-state index in [9.17, 15) is 24.5 Å². The highest BCUT2D eigenvalue weighted by Gasteiger charge is 2.41. The van der Waals surface area contributed by atoms with E-state index in [4.69, 9.17) is 9.47 Å². The number of nitro benzene ring substituents is 1. The standard InChI is InChI=1S/C19H14N2O7/c22-14(11-5-6-15-16(9-11)28-8-2-7-27-15)10-20-18(23)12-3-1-4-13(21(25)26)17(12)19(20)24/h1,3-6,9H,2,7-8,10H2. The zero-order valence-electron chi connectivity index (χ0n) is 14.5. The Morgan fingerprint density at radius 2 is 1.82 bits per heavy atom. The minimum Gasteiger partial charge on any atom is -0.490 e. The monoisotopic (exact) mass is 382 g/mol. The molecule has 2 aromatic carbocycles. The van der Waals surface area contributed by atoms with Crippen LogP contribution in [0.1, 0.15) is 37.5 Å². The molecule has 4 rings (SSSR count). The third kappa shape index (κ3) is 2.86. The number of Topliss-reactive ketones (excluding diaryl/α,β-unsaturated/α-hetero) is 1. The maximum absolute atomic E-state index is 12.7. The molecule has 0 aromatic heterocycles. The fourth-order valence-electron chi connectivity index (χ4n) is 3.18. The first-order valence-corrected chi connectivity index (χ1v) is 8.54. The molecule has 0 N–H and O–H groups in total. The second-order valence-electron chi connectivity index (χ2n) is 6.29. The second-order valence-corrected chi connectivity index (χ2v) is 6.29. The molecule has 0 unspecified atom stereocenters. The van der Waals surface area contributed by atoms with Crippen molar-refractivity contribution in [2.24, 2.45) is 0 Å². The highest BCUT2D eigenvalue weighted by atomic mass is 16.6. The van der Waals surface area contributed by atoms with Gasteiger partial charge < -0.3 is 9.47 Å². The molecule has 0 saturated carbocycles. The third-order valence-corrected chi connectivity index (χ3v) is 4.54. The van der Waals surface area contributed by atoms with Crippen molar-refractivity contribution in [3.8, 4) is 11.5 Å². The second kappa shape index (κ2) is 6.76. The fourth-order valence-corrected chi connectivity index (χ4v) is 3.18. The Kier molecular flexibility index (Phi) is 4.26. The Hall–Kier alpha value is -3.75. The van der Waals surface area contributed by atoms with Crippen LogP contribution < -0.4 is 9.47 Å². The number of ether oxygens (including phenoxy) is 2. The van der Waals surface area contributed by atoms with Crippen LogP contribution in [-0.4, -0.2) is 47.2 Å². The molecule has 0 atom stereocenters. The number of nitrogens with zero attached hydrogens (tertiary/aromatic N) is 2. The van der Waals surface area contributed by atoms with Crippen molar-refractivity contribution < 1.29 is 28.8 Å². The van der Waals surface area contributed by atoms with Gasteiger partial charge >= 0.3 is 0 Å². The van der Waals surface area contributed by atoms with Gasteiger partial charge in [-0.1, -0.05) is 6.07 Å². The van der Waals surface area contributed by atoms with E-state index in [1.807, 2.05) is 0 Å². The summed E-state index contributed by atoms with van der Waals surface area (Å²) in [5.41, 5.74) is -0.577. The average Bonchev–Trinajstić information content (AvgIpc) is 2.85. The van der Waals surface area contributed by atoms with Gasteiger partial charge in [0.2, 0.25) is 0 Å². The lowest BCUT2D eigenvalue weighted by atomic mass is 10.1. The Morgan fingerprint density at radius 3 is 2.57 bits per heavy atom. The summed E-state index contributed by atoms with van der Waals surface area (Å²) in [6.07, 6.45) is 0.714. The van der Waals surface area contributed by atoms with Gasteiger partial charge in [0.1, 0.15) is 5.56 Å². The Labute approximate surface area is 158 Å². The fraction of sp³-hybridized carbons (Fsp3) is 0.211. The van der Waals surface area contributed by atoms with Crippen molar-refractivity contribution in [1.82, 2.24) is 4.90 Å². The lowest BCUT2D eigenvalue weighted by Crippen LogP contribution is -2.35. The Bertz CT molecular complexity index is 1030. The van der Waals surface area contributed by atoms with Crippen LogP contribution >= 0.6 is 0 Å². The van der Waals surface area contributed by atoms with Gasteiger partial charge in [-0.2, -0.15) is 0 Å². The van der Waals surface area contributed by atoms with Gasteiger partial charge in [0.05, 0.1) is 30.2 Å². The number of carbonyl (C=O) groups is 3.